The molecule has 2 aromatic rings. The standard InChI is InChI=1S/C15H15N/c1-3-7-12(8-4-1)11-14-15(16-14)13-9-5-2-6-10-13/h1-10,14-16H,11H2/t14-,15+/m0/s1. The van der Waals surface area contributed by atoms with Gasteiger partial charge in [-0.05, 0) is 17.5 Å². The molecule has 3 rings (SSSR count). The van der Waals surface area contributed by atoms with Gasteiger partial charge >= 0.3 is 0 Å². The van der Waals surface area contributed by atoms with Crippen LogP contribution < -0.4 is 5.32 Å². The van der Waals surface area contributed by atoms with Crippen molar-refractivity contribution in [1.29, 1.82) is 0 Å². The molecule has 1 fully saturated rings. The number of nitrogens with one attached hydrogen (secondary N) is 1. The van der Waals surface area contributed by atoms with Gasteiger partial charge in [0.05, 0.1) is 0 Å². The summed E-state index contributed by atoms with van der Waals surface area (Å²) in [4.78, 5) is 0. The van der Waals surface area contributed by atoms with Crippen LogP contribution >= 0.6 is 0 Å². The van der Waals surface area contributed by atoms with Gasteiger partial charge in [-0.2, -0.15) is 0 Å². The van der Waals surface area contributed by atoms with Gasteiger partial charge in [-0.3, -0.25) is 0 Å². The minimum absolute atomic E-state index is 0.557. The van der Waals surface area contributed by atoms with E-state index >= 15 is 0 Å². The second-order valence-corrected chi connectivity index (χ2v) is 4.35. The van der Waals surface area contributed by atoms with Gasteiger partial charge in [0.2, 0.25) is 0 Å². The summed E-state index contributed by atoms with van der Waals surface area (Å²) in [5.41, 5.74) is 2.82. The van der Waals surface area contributed by atoms with Crippen molar-refractivity contribution in [1.82, 2.24) is 5.32 Å². The second-order valence-electron chi connectivity index (χ2n) is 4.35. The van der Waals surface area contributed by atoms with Gasteiger partial charge in [0, 0.05) is 12.1 Å². The summed E-state index contributed by atoms with van der Waals surface area (Å²) in [5, 5.41) is 3.53. The van der Waals surface area contributed by atoms with Crippen LogP contribution in [-0.2, 0) is 6.42 Å². The third kappa shape index (κ3) is 2.00. The normalized spacial score (nSPS) is 23.0. The topological polar surface area (TPSA) is 21.9 Å². The first-order valence-electron chi connectivity index (χ1n) is 5.78. The van der Waals surface area contributed by atoms with Gasteiger partial charge in [-0.15, -0.1) is 0 Å². The molecule has 0 radical (unpaired) electrons. The molecule has 1 heterocycles. The fourth-order valence-electron chi connectivity index (χ4n) is 2.21. The van der Waals surface area contributed by atoms with E-state index in [0.29, 0.717) is 12.1 Å². The average Bonchev–Trinajstić information content (AvgIpc) is 3.11. The minimum Gasteiger partial charge on any atom is -0.304 e. The van der Waals surface area contributed by atoms with Gasteiger partial charge in [-0.1, -0.05) is 60.7 Å². The van der Waals surface area contributed by atoms with Crippen LogP contribution in [0.4, 0.5) is 0 Å². The first-order chi connectivity index (χ1) is 7.93. The highest BCUT2D eigenvalue weighted by molar-refractivity contribution is 5.28. The Labute approximate surface area is 96.1 Å². The highest BCUT2D eigenvalue weighted by Gasteiger charge is 2.36. The summed E-state index contributed by atoms with van der Waals surface area (Å²) in [5.74, 6) is 0. The highest BCUT2D eigenvalue weighted by atomic mass is 15.1. The van der Waals surface area contributed by atoms with E-state index in [-0.39, 0.29) is 0 Å². The van der Waals surface area contributed by atoms with Gasteiger partial charge in [0.25, 0.3) is 0 Å². The van der Waals surface area contributed by atoms with E-state index in [1.54, 1.807) is 0 Å². The number of hydrogen-bond acceptors (Lipinski definition) is 1. The first-order valence-corrected chi connectivity index (χ1v) is 5.78. The second kappa shape index (κ2) is 4.11. The summed E-state index contributed by atoms with van der Waals surface area (Å²) < 4.78 is 0. The predicted molar refractivity (Wildman–Crippen MR) is 66.3 cm³/mol. The zero-order valence-corrected chi connectivity index (χ0v) is 9.14. The van der Waals surface area contributed by atoms with E-state index in [1.165, 1.54) is 11.1 Å². The summed E-state index contributed by atoms with van der Waals surface area (Å²) >= 11 is 0. The van der Waals surface area contributed by atoms with E-state index in [1.807, 2.05) is 0 Å². The molecule has 1 saturated heterocycles. The summed E-state index contributed by atoms with van der Waals surface area (Å²) in [7, 11) is 0. The zero-order valence-electron chi connectivity index (χ0n) is 9.14. The molecule has 0 amide bonds. The van der Waals surface area contributed by atoms with Crippen LogP contribution in [0.5, 0.6) is 0 Å². The van der Waals surface area contributed by atoms with Gasteiger partial charge in [-0.25, -0.2) is 0 Å². The van der Waals surface area contributed by atoms with E-state index in [4.69, 9.17) is 0 Å². The zero-order chi connectivity index (χ0) is 10.8. The molecule has 1 heteroatoms. The molecule has 2 atom stereocenters. The highest BCUT2D eigenvalue weighted by Crippen LogP contribution is 2.31. The van der Waals surface area contributed by atoms with Crippen LogP contribution in [-0.4, -0.2) is 6.04 Å². The lowest BCUT2D eigenvalue weighted by atomic mass is 10.0. The maximum Gasteiger partial charge on any atom is 0.0482 e. The first kappa shape index (κ1) is 9.61. The number of rotatable bonds is 3. The van der Waals surface area contributed by atoms with E-state index in [2.05, 4.69) is 66.0 Å². The molecule has 1 aliphatic rings. The lowest BCUT2D eigenvalue weighted by Gasteiger charge is -1.99. The fourth-order valence-corrected chi connectivity index (χ4v) is 2.21. The summed E-state index contributed by atoms with van der Waals surface area (Å²) in [6, 6.07) is 22.5. The van der Waals surface area contributed by atoms with Crippen molar-refractivity contribution in [2.24, 2.45) is 0 Å². The van der Waals surface area contributed by atoms with Crippen molar-refractivity contribution in [3.8, 4) is 0 Å². The van der Waals surface area contributed by atoms with Crippen LogP contribution in [0.2, 0.25) is 0 Å². The molecule has 1 nitrogen and oxygen atoms in total. The molecule has 0 unspecified atom stereocenters. The number of benzene rings is 2. The van der Waals surface area contributed by atoms with E-state index < -0.39 is 0 Å². The minimum atomic E-state index is 0.557. The predicted octanol–water partition coefficient (Wildman–Crippen LogP) is 2.94. The van der Waals surface area contributed by atoms with Gasteiger partial charge < -0.3 is 5.32 Å². The monoisotopic (exact) mass is 209 g/mol. The van der Waals surface area contributed by atoms with Crippen LogP contribution in [0.15, 0.2) is 60.7 Å². The maximum absolute atomic E-state index is 3.53. The van der Waals surface area contributed by atoms with Crippen molar-refractivity contribution in [2.75, 3.05) is 0 Å². The molecular formula is C15H15N. The Morgan fingerprint density at radius 3 is 2.12 bits per heavy atom. The quantitative estimate of drug-likeness (QED) is 0.771. The lowest BCUT2D eigenvalue weighted by molar-refractivity contribution is 0.902. The molecule has 0 spiro atoms. The summed E-state index contributed by atoms with van der Waals surface area (Å²) in [6.45, 7) is 0. The molecule has 1 aliphatic heterocycles. The van der Waals surface area contributed by atoms with Crippen LogP contribution in [0.25, 0.3) is 0 Å². The Hall–Kier alpha value is -1.60. The Morgan fingerprint density at radius 1 is 0.812 bits per heavy atom. The van der Waals surface area contributed by atoms with E-state index in [0.717, 1.165) is 6.42 Å². The van der Waals surface area contributed by atoms with Crippen molar-refractivity contribution in [3.05, 3.63) is 71.8 Å². The molecule has 1 N–H and O–H groups in total. The van der Waals surface area contributed by atoms with Gasteiger partial charge in [0.1, 0.15) is 0 Å². The molecule has 0 aliphatic carbocycles. The fraction of sp³-hybridized carbons (Fsp3) is 0.200. The molecule has 16 heavy (non-hydrogen) atoms. The lowest BCUT2D eigenvalue weighted by Crippen LogP contribution is -1.96. The van der Waals surface area contributed by atoms with Crippen molar-refractivity contribution >= 4 is 0 Å². The Kier molecular flexibility index (Phi) is 2.47. The van der Waals surface area contributed by atoms with Crippen molar-refractivity contribution in [2.45, 2.75) is 18.5 Å². The third-order valence-corrected chi connectivity index (χ3v) is 3.14. The largest absolute Gasteiger partial charge is 0.304 e. The average molecular weight is 209 g/mol. The Bertz CT molecular complexity index is 449. The molecular weight excluding hydrogens is 194 g/mol. The molecule has 0 saturated carbocycles. The van der Waals surface area contributed by atoms with E-state index in [9.17, 15) is 0 Å². The molecule has 80 valence electrons. The number of hydrogen-bond donors (Lipinski definition) is 1. The molecule has 2 aromatic carbocycles. The van der Waals surface area contributed by atoms with Crippen LogP contribution in [0, 0.1) is 0 Å². The SMILES string of the molecule is c1ccc(C[C@@H]2N[C@@H]2c2ccccc2)cc1. The maximum atomic E-state index is 3.53. The Balaban J connectivity index is 1.65. The molecule has 0 aromatic heterocycles. The van der Waals surface area contributed by atoms with Crippen LogP contribution in [0.1, 0.15) is 17.2 Å². The van der Waals surface area contributed by atoms with Crippen molar-refractivity contribution in [3.63, 3.8) is 0 Å². The molecule has 0 bridgehead atoms. The third-order valence-electron chi connectivity index (χ3n) is 3.14. The van der Waals surface area contributed by atoms with Crippen molar-refractivity contribution < 1.29 is 0 Å². The van der Waals surface area contributed by atoms with Crippen LogP contribution in [0.3, 0.4) is 0 Å². The smallest absolute Gasteiger partial charge is 0.0482 e. The summed E-state index contributed by atoms with van der Waals surface area (Å²) in [6.07, 6.45) is 1.13. The van der Waals surface area contributed by atoms with Gasteiger partial charge in [0.15, 0.2) is 0 Å². The Morgan fingerprint density at radius 2 is 1.44 bits per heavy atom.